The molecule has 3 heterocycles. The fourth-order valence-corrected chi connectivity index (χ4v) is 7.02. The highest BCUT2D eigenvalue weighted by Gasteiger charge is 2.52. The molecule has 2 saturated heterocycles. The van der Waals surface area contributed by atoms with Crippen LogP contribution in [0.25, 0.3) is 49.7 Å². The molecule has 5 aromatic carbocycles. The predicted octanol–water partition coefficient (Wildman–Crippen LogP) is 8.72. The third-order valence-corrected chi connectivity index (χ3v) is 11.3. The summed E-state index contributed by atoms with van der Waals surface area (Å²) >= 11 is 0. The van der Waals surface area contributed by atoms with Gasteiger partial charge in [-0.1, -0.05) is 97.1 Å². The van der Waals surface area contributed by atoms with E-state index in [4.69, 9.17) is 18.6 Å². The zero-order chi connectivity index (χ0) is 34.3. The van der Waals surface area contributed by atoms with Gasteiger partial charge >= 0.3 is 14.2 Å². The first kappa shape index (κ1) is 32.1. The van der Waals surface area contributed by atoms with Crippen molar-refractivity contribution in [3.8, 4) is 28.1 Å². The fourth-order valence-electron chi connectivity index (χ4n) is 7.02. The first-order valence-electron chi connectivity index (χ1n) is 17.3. The highest BCUT2D eigenvalue weighted by Crippen LogP contribution is 2.46. The summed E-state index contributed by atoms with van der Waals surface area (Å²) in [5.74, 6) is 0. The van der Waals surface area contributed by atoms with E-state index in [0.29, 0.717) is 0 Å². The van der Waals surface area contributed by atoms with Crippen LogP contribution in [0, 0.1) is 0 Å². The molecule has 246 valence electrons. The van der Waals surface area contributed by atoms with Crippen LogP contribution < -0.4 is 10.9 Å². The standard InChI is InChI=1S/C42H43B2NO4/c1-39(2)40(3,4)47-43(46-39)31-23-18-29(19-24-31)36-37-34-17-13-12-14-28(34)22-27-35(37)45(33-15-10-9-11-16-33)38(36)30-20-25-32(26-21-30)44-48-41(5,6)42(7,8)49-44/h9-27H,1-8H3. The molecule has 2 aliphatic heterocycles. The van der Waals surface area contributed by atoms with Crippen molar-refractivity contribution in [1.29, 1.82) is 0 Å². The molecule has 0 bridgehead atoms. The fraction of sp³-hybridized carbons (Fsp3) is 0.286. The maximum Gasteiger partial charge on any atom is 0.494 e. The minimum atomic E-state index is -0.426. The van der Waals surface area contributed by atoms with Crippen LogP contribution in [-0.2, 0) is 18.6 Å². The lowest BCUT2D eigenvalue weighted by Gasteiger charge is -2.32. The van der Waals surface area contributed by atoms with Crippen molar-refractivity contribution in [2.45, 2.75) is 77.8 Å². The van der Waals surface area contributed by atoms with E-state index in [-0.39, 0.29) is 0 Å². The molecule has 0 atom stereocenters. The van der Waals surface area contributed by atoms with Gasteiger partial charge in [-0.3, -0.25) is 0 Å². The molecule has 0 amide bonds. The zero-order valence-electron chi connectivity index (χ0n) is 29.7. The zero-order valence-corrected chi connectivity index (χ0v) is 29.7. The molecule has 0 N–H and O–H groups in total. The quantitative estimate of drug-likeness (QED) is 0.176. The lowest BCUT2D eigenvalue weighted by molar-refractivity contribution is 0.00578. The molecule has 5 nitrogen and oxygen atoms in total. The molecule has 49 heavy (non-hydrogen) atoms. The molecular formula is C42H43B2NO4. The van der Waals surface area contributed by atoms with Gasteiger partial charge in [0.25, 0.3) is 0 Å². The lowest BCUT2D eigenvalue weighted by atomic mass is 9.78. The van der Waals surface area contributed by atoms with E-state index in [9.17, 15) is 0 Å². The number of para-hydroxylation sites is 1. The lowest BCUT2D eigenvalue weighted by Crippen LogP contribution is -2.41. The second kappa shape index (κ2) is 11.2. The van der Waals surface area contributed by atoms with Gasteiger partial charge in [-0.25, -0.2) is 0 Å². The normalized spacial score (nSPS) is 19.3. The van der Waals surface area contributed by atoms with Gasteiger partial charge in [0.15, 0.2) is 0 Å². The number of rotatable bonds is 5. The summed E-state index contributed by atoms with van der Waals surface area (Å²) in [6.45, 7) is 16.7. The molecule has 0 saturated carbocycles. The molecular weight excluding hydrogens is 604 g/mol. The summed E-state index contributed by atoms with van der Waals surface area (Å²) in [7, 11) is -0.850. The third kappa shape index (κ3) is 5.18. The molecule has 0 aliphatic carbocycles. The summed E-state index contributed by atoms with van der Waals surface area (Å²) in [4.78, 5) is 0. The summed E-state index contributed by atoms with van der Waals surface area (Å²) in [6.07, 6.45) is 0. The number of fused-ring (bicyclic) bond motifs is 3. The van der Waals surface area contributed by atoms with Crippen LogP contribution in [0.5, 0.6) is 0 Å². The van der Waals surface area contributed by atoms with E-state index < -0.39 is 36.6 Å². The van der Waals surface area contributed by atoms with Gasteiger partial charge in [0.2, 0.25) is 0 Å². The van der Waals surface area contributed by atoms with Gasteiger partial charge in [-0.15, -0.1) is 0 Å². The Morgan fingerprint density at radius 3 is 1.47 bits per heavy atom. The average molecular weight is 647 g/mol. The highest BCUT2D eigenvalue weighted by atomic mass is 16.7. The van der Waals surface area contributed by atoms with Crippen molar-refractivity contribution in [3.63, 3.8) is 0 Å². The smallest absolute Gasteiger partial charge is 0.399 e. The van der Waals surface area contributed by atoms with Gasteiger partial charge in [-0.2, -0.15) is 0 Å². The number of benzene rings is 5. The Morgan fingerprint density at radius 1 is 0.469 bits per heavy atom. The van der Waals surface area contributed by atoms with Crippen molar-refractivity contribution in [2.24, 2.45) is 0 Å². The molecule has 6 aromatic rings. The minimum absolute atomic E-state index is 0.405. The second-order valence-electron chi connectivity index (χ2n) is 15.5. The van der Waals surface area contributed by atoms with Gasteiger partial charge in [0.05, 0.1) is 33.6 Å². The summed E-state index contributed by atoms with van der Waals surface area (Å²) in [5, 5.41) is 3.64. The van der Waals surface area contributed by atoms with Crippen LogP contribution in [0.1, 0.15) is 55.4 Å². The first-order chi connectivity index (χ1) is 23.3. The first-order valence-corrected chi connectivity index (χ1v) is 17.3. The summed E-state index contributed by atoms with van der Waals surface area (Å²) in [6, 6.07) is 41.2. The molecule has 2 aliphatic rings. The van der Waals surface area contributed by atoms with Crippen LogP contribution in [0.2, 0.25) is 0 Å². The molecule has 7 heteroatoms. The van der Waals surface area contributed by atoms with E-state index in [0.717, 1.165) is 39.0 Å². The maximum absolute atomic E-state index is 6.41. The number of hydrogen-bond acceptors (Lipinski definition) is 4. The Kier molecular flexibility index (Phi) is 7.33. The summed E-state index contributed by atoms with van der Waals surface area (Å²) < 4.78 is 28.0. The molecule has 0 unspecified atom stereocenters. The van der Waals surface area contributed by atoms with Crippen LogP contribution in [-0.4, -0.2) is 41.2 Å². The number of hydrogen-bond donors (Lipinski definition) is 0. The molecule has 0 spiro atoms. The highest BCUT2D eigenvalue weighted by molar-refractivity contribution is 6.62. The molecule has 8 rings (SSSR count). The van der Waals surface area contributed by atoms with Crippen LogP contribution in [0.15, 0.2) is 115 Å². The van der Waals surface area contributed by atoms with Crippen molar-refractivity contribution in [2.75, 3.05) is 0 Å². The Hall–Kier alpha value is -4.13. The van der Waals surface area contributed by atoms with E-state index in [1.807, 2.05) is 0 Å². The number of nitrogens with zero attached hydrogens (tertiary/aromatic N) is 1. The van der Waals surface area contributed by atoms with Crippen molar-refractivity contribution in [1.82, 2.24) is 4.57 Å². The van der Waals surface area contributed by atoms with Gasteiger partial charge in [-0.05, 0) is 106 Å². The van der Waals surface area contributed by atoms with Crippen molar-refractivity contribution >= 4 is 46.8 Å². The van der Waals surface area contributed by atoms with Gasteiger partial charge in [0.1, 0.15) is 0 Å². The molecule has 2 fully saturated rings. The van der Waals surface area contributed by atoms with Crippen LogP contribution >= 0.6 is 0 Å². The maximum atomic E-state index is 6.41. The summed E-state index contributed by atoms with van der Waals surface area (Å²) in [5.41, 5.74) is 7.18. The number of aromatic nitrogens is 1. The van der Waals surface area contributed by atoms with Crippen molar-refractivity contribution < 1.29 is 18.6 Å². The minimum Gasteiger partial charge on any atom is -0.399 e. The topological polar surface area (TPSA) is 41.9 Å². The van der Waals surface area contributed by atoms with Gasteiger partial charge in [0, 0.05) is 16.6 Å². The second-order valence-corrected chi connectivity index (χ2v) is 15.5. The Bertz CT molecular complexity index is 2150. The van der Waals surface area contributed by atoms with E-state index >= 15 is 0 Å². The Morgan fingerprint density at radius 2 is 0.939 bits per heavy atom. The monoisotopic (exact) mass is 647 g/mol. The predicted molar refractivity (Wildman–Crippen MR) is 203 cm³/mol. The molecule has 0 radical (unpaired) electrons. The van der Waals surface area contributed by atoms with Crippen LogP contribution in [0.3, 0.4) is 0 Å². The van der Waals surface area contributed by atoms with Crippen molar-refractivity contribution in [3.05, 3.63) is 115 Å². The Labute approximate surface area is 290 Å². The van der Waals surface area contributed by atoms with E-state index in [2.05, 4.69) is 175 Å². The van der Waals surface area contributed by atoms with E-state index in [1.165, 1.54) is 21.7 Å². The largest absolute Gasteiger partial charge is 0.494 e. The van der Waals surface area contributed by atoms with Crippen LogP contribution in [0.4, 0.5) is 0 Å². The Balaban J connectivity index is 1.33. The molecule has 1 aromatic heterocycles. The van der Waals surface area contributed by atoms with Gasteiger partial charge < -0.3 is 23.2 Å². The average Bonchev–Trinajstić information content (AvgIpc) is 3.63. The third-order valence-electron chi connectivity index (χ3n) is 11.3. The van der Waals surface area contributed by atoms with E-state index in [1.54, 1.807) is 0 Å². The SMILES string of the molecule is CC1(C)OB(c2ccc(-c3c(-c4ccc(B5OC(C)(C)C(C)(C)O5)cc4)n(-c4ccccc4)c4ccc5ccccc5c34)cc2)OC1(C)C.